The second-order valence-electron chi connectivity index (χ2n) is 6.99. The van der Waals surface area contributed by atoms with Gasteiger partial charge in [0.05, 0.1) is 6.61 Å². The maximum Gasteiger partial charge on any atom is 0.368 e. The van der Waals surface area contributed by atoms with Gasteiger partial charge in [0.2, 0.25) is 17.4 Å². The van der Waals surface area contributed by atoms with E-state index in [1.165, 1.54) is 19.2 Å². The molecule has 0 aromatic heterocycles. The van der Waals surface area contributed by atoms with Gasteiger partial charge in [0.1, 0.15) is 23.7 Å². The zero-order valence-electron chi connectivity index (χ0n) is 15.6. The van der Waals surface area contributed by atoms with Gasteiger partial charge in [0.25, 0.3) is 0 Å². The normalized spacial score (nSPS) is 29.9. The number of esters is 1. The Labute approximate surface area is 161 Å². The molecule has 2 N–H and O–H groups in total. The highest BCUT2D eigenvalue weighted by atomic mass is 32.2. The first-order valence-electron chi connectivity index (χ1n) is 8.96. The molecule has 1 aromatic rings. The molecule has 2 aliphatic rings. The lowest BCUT2D eigenvalue weighted by Gasteiger charge is -2.29. The van der Waals surface area contributed by atoms with Crippen molar-refractivity contribution in [1.29, 1.82) is 0 Å². The van der Waals surface area contributed by atoms with Crippen molar-refractivity contribution in [2.75, 3.05) is 25.7 Å². The molecular weight excluding hydrogens is 371 g/mol. The van der Waals surface area contributed by atoms with Gasteiger partial charge in [0.15, 0.2) is 0 Å². The van der Waals surface area contributed by atoms with Crippen LogP contribution < -0.4 is 5.32 Å². The molecule has 0 bridgehead atoms. The fraction of sp³-hybridized carbons (Fsp3) is 0.526. The highest BCUT2D eigenvalue weighted by Gasteiger charge is 2.71. The van der Waals surface area contributed by atoms with Gasteiger partial charge < -0.3 is 10.1 Å². The molecule has 2 aliphatic heterocycles. The summed E-state index contributed by atoms with van der Waals surface area (Å²) in [5.41, 5.74) is -0.588. The van der Waals surface area contributed by atoms with Crippen molar-refractivity contribution in [3.8, 4) is 0 Å². The first-order valence-corrected chi connectivity index (χ1v) is 10.4. The summed E-state index contributed by atoms with van der Waals surface area (Å²) < 4.78 is 19.1. The Morgan fingerprint density at radius 1 is 1.37 bits per heavy atom. The maximum atomic E-state index is 13.8. The topological polar surface area (TPSA) is 80.3 Å². The fourth-order valence-corrected chi connectivity index (χ4v) is 4.90. The number of thioether (sulfide) groups is 1. The number of halogens is 1. The molecule has 2 fully saturated rings. The summed E-state index contributed by atoms with van der Waals surface area (Å²) in [4.78, 5) is 39.9. The van der Waals surface area contributed by atoms with E-state index in [4.69, 9.17) is 4.74 Å². The average Bonchev–Trinajstić information content (AvgIpc) is 3.11. The van der Waals surface area contributed by atoms with Gasteiger partial charge in [-0.1, -0.05) is 12.1 Å². The summed E-state index contributed by atoms with van der Waals surface area (Å²) in [6.45, 7) is 1.90. The minimum atomic E-state index is -1.18. The van der Waals surface area contributed by atoms with Crippen LogP contribution >= 0.6 is 11.8 Å². The highest BCUT2D eigenvalue weighted by molar-refractivity contribution is 7.98. The first kappa shape index (κ1) is 19.8. The van der Waals surface area contributed by atoms with Crippen molar-refractivity contribution in [3.05, 3.63) is 35.6 Å². The number of benzene rings is 1. The van der Waals surface area contributed by atoms with Crippen molar-refractivity contribution in [1.82, 2.24) is 4.90 Å². The number of rotatable bonds is 6. The maximum absolute atomic E-state index is 13.8. The summed E-state index contributed by atoms with van der Waals surface area (Å²) in [6, 6.07) is 5.48. The van der Waals surface area contributed by atoms with Crippen molar-refractivity contribution >= 4 is 29.5 Å². The van der Waals surface area contributed by atoms with Crippen LogP contribution in [0.2, 0.25) is 0 Å². The SMILES string of the molecule is CCOC(=O)[C@]1(CCSC)[NH2+][C@@H](c2cccc(F)c2)[C@H]2C(=O)N(C)C(=O)[C@H]21. The molecule has 4 atom stereocenters. The van der Waals surface area contributed by atoms with Crippen LogP contribution in [-0.4, -0.2) is 53.9 Å². The lowest BCUT2D eigenvalue weighted by atomic mass is 9.78. The molecule has 8 heteroatoms. The van der Waals surface area contributed by atoms with Crippen LogP contribution in [0.5, 0.6) is 0 Å². The van der Waals surface area contributed by atoms with Gasteiger partial charge >= 0.3 is 5.97 Å². The number of fused-ring (bicyclic) bond motifs is 1. The standard InChI is InChI=1S/C19H23FN2O4S/c1-4-26-18(25)19(8-9-27-3)14-13(16(23)22(2)17(14)24)15(21-19)11-6-5-7-12(20)10-11/h5-7,10,13-15,21H,4,8-9H2,1-3H3/p+1/t13-,14-,15-,19+/m0/s1. The van der Waals surface area contributed by atoms with E-state index < -0.39 is 35.2 Å². The largest absolute Gasteiger partial charge is 0.461 e. The van der Waals surface area contributed by atoms with Crippen molar-refractivity contribution in [2.45, 2.75) is 24.9 Å². The quantitative estimate of drug-likeness (QED) is 0.567. The third-order valence-electron chi connectivity index (χ3n) is 5.60. The van der Waals surface area contributed by atoms with Gasteiger partial charge in [-0.15, -0.1) is 0 Å². The van der Waals surface area contributed by atoms with E-state index in [2.05, 4.69) is 0 Å². The van der Waals surface area contributed by atoms with E-state index in [9.17, 15) is 18.8 Å². The number of nitrogens with two attached hydrogens (primary N) is 1. The van der Waals surface area contributed by atoms with Crippen LogP contribution in [0.15, 0.2) is 24.3 Å². The number of hydrogen-bond donors (Lipinski definition) is 1. The van der Waals surface area contributed by atoms with Gasteiger partial charge in [-0.25, -0.2) is 9.18 Å². The van der Waals surface area contributed by atoms with Crippen LogP contribution in [0.25, 0.3) is 0 Å². The summed E-state index contributed by atoms with van der Waals surface area (Å²) in [5, 5.41) is 1.77. The molecule has 1 aromatic carbocycles. The molecule has 2 heterocycles. The summed E-state index contributed by atoms with van der Waals surface area (Å²) in [6.07, 6.45) is 2.32. The lowest BCUT2D eigenvalue weighted by molar-refractivity contribution is -0.734. The minimum Gasteiger partial charge on any atom is -0.461 e. The van der Waals surface area contributed by atoms with E-state index in [0.29, 0.717) is 17.7 Å². The minimum absolute atomic E-state index is 0.188. The van der Waals surface area contributed by atoms with E-state index >= 15 is 0 Å². The molecular formula is C19H24FN2O4S+. The van der Waals surface area contributed by atoms with Gasteiger partial charge in [-0.05, 0) is 31.1 Å². The smallest absolute Gasteiger partial charge is 0.368 e. The number of likely N-dealkylation sites (tertiary alicyclic amines) is 1. The Morgan fingerprint density at radius 2 is 2.11 bits per heavy atom. The van der Waals surface area contributed by atoms with Crippen molar-refractivity contribution in [3.63, 3.8) is 0 Å². The predicted octanol–water partition coefficient (Wildman–Crippen LogP) is 0.730. The van der Waals surface area contributed by atoms with Crippen LogP contribution in [-0.2, 0) is 19.1 Å². The van der Waals surface area contributed by atoms with E-state index in [0.717, 1.165) is 4.90 Å². The Hall–Kier alpha value is -1.93. The number of carbonyl (C=O) groups excluding carboxylic acids is 3. The molecule has 0 radical (unpaired) electrons. The first-order chi connectivity index (χ1) is 12.9. The Kier molecular flexibility index (Phi) is 5.58. The fourth-order valence-electron chi connectivity index (χ4n) is 4.36. The van der Waals surface area contributed by atoms with Gasteiger partial charge in [-0.2, -0.15) is 11.8 Å². The highest BCUT2D eigenvalue weighted by Crippen LogP contribution is 2.45. The number of imide groups is 1. The van der Waals surface area contributed by atoms with Crippen molar-refractivity contribution in [2.24, 2.45) is 11.8 Å². The lowest BCUT2D eigenvalue weighted by Crippen LogP contribution is -2.98. The third kappa shape index (κ3) is 3.14. The zero-order chi connectivity index (χ0) is 19.8. The van der Waals surface area contributed by atoms with Crippen LogP contribution in [0, 0.1) is 17.7 Å². The summed E-state index contributed by atoms with van der Waals surface area (Å²) >= 11 is 1.56. The molecule has 0 unspecified atom stereocenters. The third-order valence-corrected chi connectivity index (χ3v) is 6.21. The molecule has 2 saturated heterocycles. The number of ether oxygens (including phenoxy) is 1. The molecule has 146 valence electrons. The second-order valence-corrected chi connectivity index (χ2v) is 7.98. The van der Waals surface area contributed by atoms with Crippen LogP contribution in [0.1, 0.15) is 24.9 Å². The Balaban J connectivity index is 2.12. The molecule has 2 amide bonds. The number of carbonyl (C=O) groups is 3. The monoisotopic (exact) mass is 395 g/mol. The predicted molar refractivity (Wildman–Crippen MR) is 98.2 cm³/mol. The Bertz CT molecular complexity index is 774. The van der Waals surface area contributed by atoms with Gasteiger partial charge in [0, 0.05) is 19.0 Å². The average molecular weight is 395 g/mol. The number of amides is 2. The van der Waals surface area contributed by atoms with Gasteiger partial charge in [-0.3, -0.25) is 14.5 Å². The molecule has 3 rings (SSSR count). The summed E-state index contributed by atoms with van der Waals surface area (Å²) in [5.74, 6) is -2.48. The van der Waals surface area contributed by atoms with E-state index in [1.807, 2.05) is 6.26 Å². The van der Waals surface area contributed by atoms with Crippen molar-refractivity contribution < 1.29 is 28.8 Å². The van der Waals surface area contributed by atoms with E-state index in [-0.39, 0.29) is 18.4 Å². The van der Waals surface area contributed by atoms with Crippen LogP contribution in [0.4, 0.5) is 4.39 Å². The summed E-state index contributed by atoms with van der Waals surface area (Å²) in [7, 11) is 1.44. The zero-order valence-corrected chi connectivity index (χ0v) is 16.4. The number of hydrogen-bond acceptors (Lipinski definition) is 5. The number of quaternary nitrogens is 1. The molecule has 6 nitrogen and oxygen atoms in total. The van der Waals surface area contributed by atoms with Crippen LogP contribution in [0.3, 0.4) is 0 Å². The van der Waals surface area contributed by atoms with E-state index in [1.54, 1.807) is 36.1 Å². The molecule has 27 heavy (non-hydrogen) atoms. The number of nitrogens with zero attached hydrogens (tertiary/aromatic N) is 1. The Morgan fingerprint density at radius 3 is 2.74 bits per heavy atom. The molecule has 0 saturated carbocycles. The molecule has 0 aliphatic carbocycles. The second kappa shape index (κ2) is 7.59. The molecule has 0 spiro atoms.